The lowest BCUT2D eigenvalue weighted by Crippen LogP contribution is -2.55. The molecule has 0 N–H and O–H groups in total. The highest BCUT2D eigenvalue weighted by atomic mass is 19.4. The molecule has 3 heterocycles. The fourth-order valence-electron chi connectivity index (χ4n) is 14.2. The van der Waals surface area contributed by atoms with Crippen molar-refractivity contribution in [3.05, 3.63) is 155 Å². The summed E-state index contributed by atoms with van der Waals surface area (Å²) in [5.74, 6) is -8.32. The van der Waals surface area contributed by atoms with Crippen molar-refractivity contribution in [3.8, 4) is 0 Å². The van der Waals surface area contributed by atoms with Gasteiger partial charge in [-0.2, -0.15) is 52.7 Å². The predicted octanol–water partition coefficient (Wildman–Crippen LogP) is 17.4. The zero-order valence-corrected chi connectivity index (χ0v) is 59.7. The molecule has 4 aromatic carbocycles. The molecule has 0 amide bonds. The van der Waals surface area contributed by atoms with Gasteiger partial charge in [-0.15, -0.1) is 0 Å². The number of methoxy groups -OCH3 is 4. The van der Waals surface area contributed by atoms with Crippen molar-refractivity contribution in [1.82, 2.24) is 0 Å². The van der Waals surface area contributed by atoms with E-state index in [1.54, 1.807) is 6.92 Å². The second-order valence-electron chi connectivity index (χ2n) is 26.7. The van der Waals surface area contributed by atoms with Gasteiger partial charge in [-0.3, -0.25) is 0 Å². The third-order valence-electron chi connectivity index (χ3n) is 19.7. The standard InChI is InChI=1S/C77H94F12O16/c1-7-8-9-10-11-15-18-33-44-58(103-67(92)71(96-4,75(81,82)83)54-37-26-21-27-38-54)59-46-47-60(101-59)62-50-63(105-69(94)73(98-6,77(87,88)89)56-41-30-23-31-42-56)64(102-62)61(104-68(93)72(97-5,76(84,85)86)55-39-28-22-29-40-55)45-34-19-16-13-12-14-17-32-43-57(49-52-48-51(2)99-65(52)90)100-66(91)70(95-3,74(78,79)80)53-35-24-20-25-36-53/h20-31,35-42,48,51,57-64H,7-19,32-34,43-47,49-50H2,1-6H3/t51-,57+,58+,59+,60+,61+,62+,63+,64-,70-,71-,72-,73-/m0/s1. The number of benzene rings is 4. The van der Waals surface area contributed by atoms with Crippen LogP contribution in [0.1, 0.15) is 184 Å². The van der Waals surface area contributed by atoms with E-state index in [1.807, 2.05) is 0 Å². The van der Waals surface area contributed by atoms with Gasteiger partial charge in [-0.25, -0.2) is 24.0 Å². The summed E-state index contributed by atoms with van der Waals surface area (Å²) in [6.07, 6.45) is -24.4. The third kappa shape index (κ3) is 20.0. The minimum Gasteiger partial charge on any atom is -0.459 e. The minimum atomic E-state index is -5.54. The number of ether oxygens (including phenoxy) is 11. The molecule has 13 atom stereocenters. The number of carbonyl (C=O) groups is 5. The molecule has 16 nitrogen and oxygen atoms in total. The molecule has 2 fully saturated rings. The molecule has 3 aliphatic heterocycles. The molecular weight excluding hydrogens is 1410 g/mol. The van der Waals surface area contributed by atoms with Crippen LogP contribution in [0, 0.1) is 0 Å². The van der Waals surface area contributed by atoms with E-state index in [1.165, 1.54) is 78.9 Å². The molecule has 3 aliphatic rings. The highest BCUT2D eigenvalue weighted by Gasteiger charge is 2.69. The van der Waals surface area contributed by atoms with Gasteiger partial charge >= 0.3 is 54.6 Å². The molecule has 105 heavy (non-hydrogen) atoms. The molecule has 0 aliphatic carbocycles. The van der Waals surface area contributed by atoms with Gasteiger partial charge in [0, 0.05) is 69.1 Å². The molecule has 7 rings (SSSR count). The minimum absolute atomic E-state index is 0.00429. The maximum absolute atomic E-state index is 15.7. The van der Waals surface area contributed by atoms with Crippen LogP contribution in [0.15, 0.2) is 133 Å². The van der Waals surface area contributed by atoms with Gasteiger partial charge < -0.3 is 52.1 Å². The number of unbranched alkanes of at least 4 members (excludes halogenated alkanes) is 14. The summed E-state index contributed by atoms with van der Waals surface area (Å²) in [5, 5.41) is 0. The van der Waals surface area contributed by atoms with Crippen LogP contribution in [0.25, 0.3) is 0 Å². The predicted molar refractivity (Wildman–Crippen MR) is 357 cm³/mol. The maximum atomic E-state index is 15.7. The Morgan fingerprint density at radius 3 is 1.16 bits per heavy atom. The number of hydrogen-bond acceptors (Lipinski definition) is 16. The summed E-state index contributed by atoms with van der Waals surface area (Å²) >= 11 is 0. The molecule has 0 spiro atoms. The number of rotatable bonds is 41. The van der Waals surface area contributed by atoms with Crippen LogP contribution >= 0.6 is 0 Å². The first-order valence-electron chi connectivity index (χ1n) is 35.6. The normalized spacial score (nSPS) is 21.9. The average molecular weight is 1500 g/mol. The Balaban J connectivity index is 1.14. The van der Waals surface area contributed by atoms with E-state index in [-0.39, 0.29) is 56.9 Å². The summed E-state index contributed by atoms with van der Waals surface area (Å²) in [7, 11) is 2.69. The maximum Gasteiger partial charge on any atom is 0.432 e. The SMILES string of the molecule is CCCCCCCCCC[C@@H](OC(=O)[C@@](OC)(c1ccccc1)C(F)(F)F)[C@H]1CC[C@H]([C@H]2C[C@@H](OC(=O)[C@@](OC)(c3ccccc3)C(F)(F)F)[C@H]([C@@H](CCCCCCCCCC[C@H](CC3=C[C@H](C)OC3=O)OC(=O)[C@@](OC)(c3ccccc3)C(F)(F)F)OC(=O)[C@@](OC)(c3ccccc3)C(F)(F)F)O2)O1. The molecule has 2 saturated heterocycles. The summed E-state index contributed by atoms with van der Waals surface area (Å²) in [6, 6.07) is 23.8. The van der Waals surface area contributed by atoms with Crippen molar-refractivity contribution in [2.24, 2.45) is 0 Å². The highest BCUT2D eigenvalue weighted by Crippen LogP contribution is 2.50. The van der Waals surface area contributed by atoms with Gasteiger partial charge in [0.25, 0.3) is 22.4 Å². The molecule has 0 saturated carbocycles. The molecule has 0 unspecified atom stereocenters. The van der Waals surface area contributed by atoms with Gasteiger partial charge in [0.1, 0.15) is 36.6 Å². The Morgan fingerprint density at radius 2 is 0.790 bits per heavy atom. The Bertz CT molecular complexity index is 3400. The first-order valence-corrected chi connectivity index (χ1v) is 35.6. The number of alkyl halides is 12. The van der Waals surface area contributed by atoms with Crippen molar-refractivity contribution < 1.29 is 129 Å². The molecule has 0 radical (unpaired) electrons. The van der Waals surface area contributed by atoms with Crippen LogP contribution in [-0.2, 0) is 98.5 Å². The zero-order chi connectivity index (χ0) is 76.9. The van der Waals surface area contributed by atoms with Crippen LogP contribution < -0.4 is 0 Å². The van der Waals surface area contributed by atoms with Crippen molar-refractivity contribution in [1.29, 1.82) is 0 Å². The molecule has 582 valence electrons. The van der Waals surface area contributed by atoms with Gasteiger partial charge in [-0.05, 0) is 64.4 Å². The summed E-state index contributed by atoms with van der Waals surface area (Å²) in [4.78, 5) is 70.1. The van der Waals surface area contributed by atoms with Crippen LogP contribution in [0.2, 0.25) is 0 Å². The zero-order valence-electron chi connectivity index (χ0n) is 59.7. The van der Waals surface area contributed by atoms with E-state index < -0.39 is 161 Å². The van der Waals surface area contributed by atoms with Crippen molar-refractivity contribution in [3.63, 3.8) is 0 Å². The van der Waals surface area contributed by atoms with Crippen molar-refractivity contribution >= 4 is 29.8 Å². The molecular formula is C77H94F12O16. The Hall–Kier alpha value is -7.11. The van der Waals surface area contributed by atoms with E-state index in [4.69, 9.17) is 52.1 Å². The number of carbonyl (C=O) groups excluding carboxylic acids is 5. The molecule has 4 aromatic rings. The number of esters is 5. The topological polar surface area (TPSA) is 187 Å². The van der Waals surface area contributed by atoms with Crippen LogP contribution in [0.3, 0.4) is 0 Å². The monoisotopic (exact) mass is 1500 g/mol. The van der Waals surface area contributed by atoms with Crippen LogP contribution in [0.4, 0.5) is 52.7 Å². The Labute approximate surface area is 603 Å². The van der Waals surface area contributed by atoms with E-state index in [9.17, 15) is 37.1 Å². The largest absolute Gasteiger partial charge is 0.459 e. The number of cyclic esters (lactones) is 1. The lowest BCUT2D eigenvalue weighted by Gasteiger charge is -2.36. The van der Waals surface area contributed by atoms with Gasteiger partial charge in [-0.1, -0.05) is 212 Å². The molecule has 0 bridgehead atoms. The fourth-order valence-corrected chi connectivity index (χ4v) is 14.2. The lowest BCUT2D eigenvalue weighted by atomic mass is 9.91. The summed E-state index contributed by atoms with van der Waals surface area (Å²) in [5.41, 5.74) is -17.2. The second kappa shape index (κ2) is 38.1. The van der Waals surface area contributed by atoms with Gasteiger partial charge in [0.05, 0.1) is 18.3 Å². The summed E-state index contributed by atoms with van der Waals surface area (Å²) < 4.78 is 246. The van der Waals surface area contributed by atoms with Crippen molar-refractivity contribution in [2.75, 3.05) is 28.4 Å². The van der Waals surface area contributed by atoms with Gasteiger partial charge in [0.2, 0.25) is 0 Å². The van der Waals surface area contributed by atoms with Gasteiger partial charge in [0.15, 0.2) is 0 Å². The fraction of sp³-hybridized carbons (Fsp3) is 0.597. The first-order chi connectivity index (χ1) is 49.9. The smallest absolute Gasteiger partial charge is 0.432 e. The Kier molecular flexibility index (Phi) is 30.9. The lowest BCUT2D eigenvalue weighted by molar-refractivity contribution is -0.283. The number of halogens is 12. The average Bonchev–Trinajstić information content (AvgIpc) is 1.74. The molecule has 28 heteroatoms. The number of hydrogen-bond donors (Lipinski definition) is 0. The van der Waals surface area contributed by atoms with E-state index >= 15 is 39.5 Å². The van der Waals surface area contributed by atoms with E-state index in [0.29, 0.717) is 72.7 Å². The molecule has 0 aromatic heterocycles. The van der Waals surface area contributed by atoms with E-state index in [0.717, 1.165) is 94.2 Å². The second-order valence-corrected chi connectivity index (χ2v) is 26.7. The van der Waals surface area contributed by atoms with Crippen LogP contribution in [0.5, 0.6) is 0 Å². The van der Waals surface area contributed by atoms with Crippen molar-refractivity contribution in [2.45, 2.75) is 264 Å². The third-order valence-corrected chi connectivity index (χ3v) is 19.7. The van der Waals surface area contributed by atoms with Crippen LogP contribution in [-0.4, -0.2) is 138 Å². The van der Waals surface area contributed by atoms with E-state index in [2.05, 4.69) is 6.92 Å². The summed E-state index contributed by atoms with van der Waals surface area (Å²) in [6.45, 7) is 3.66. The Morgan fingerprint density at radius 1 is 0.438 bits per heavy atom. The highest BCUT2D eigenvalue weighted by molar-refractivity contribution is 5.91. The first kappa shape index (κ1) is 85.1. The quantitative estimate of drug-likeness (QED) is 0.0177.